The third-order valence-electron chi connectivity index (χ3n) is 4.68. The lowest BCUT2D eigenvalue weighted by molar-refractivity contribution is -0.296. The van der Waals surface area contributed by atoms with Gasteiger partial charge in [0.05, 0.1) is 24.3 Å². The van der Waals surface area contributed by atoms with Gasteiger partial charge in [0.15, 0.2) is 18.5 Å². The molecule has 0 saturated carbocycles. The molecule has 3 rings (SSSR count). The lowest BCUT2D eigenvalue weighted by atomic mass is 9.98. The van der Waals surface area contributed by atoms with Gasteiger partial charge in [-0.3, -0.25) is 0 Å². The van der Waals surface area contributed by atoms with Gasteiger partial charge in [0.2, 0.25) is 0 Å². The number of aliphatic hydroxyl groups excluding tert-OH is 2. The summed E-state index contributed by atoms with van der Waals surface area (Å²) in [6.45, 7) is 3.05. The number of ether oxygens (including phenoxy) is 4. The Hall–Kier alpha value is -3.04. The van der Waals surface area contributed by atoms with Crippen LogP contribution >= 0.6 is 0 Å². The van der Waals surface area contributed by atoms with Crippen LogP contribution in [0.25, 0.3) is 0 Å². The van der Waals surface area contributed by atoms with Crippen LogP contribution in [0.2, 0.25) is 0 Å². The molecular weight excluding hydrogens is 404 g/mol. The van der Waals surface area contributed by atoms with Crippen molar-refractivity contribution in [2.45, 2.75) is 30.7 Å². The van der Waals surface area contributed by atoms with E-state index in [0.29, 0.717) is 0 Å². The average Bonchev–Trinajstić information content (AvgIpc) is 2.81. The summed E-state index contributed by atoms with van der Waals surface area (Å²) in [6.07, 6.45) is -4.97. The molecule has 1 aliphatic heterocycles. The molecule has 2 aromatic carbocycles. The van der Waals surface area contributed by atoms with Gasteiger partial charge in [-0.05, 0) is 24.3 Å². The maximum Gasteiger partial charge on any atom is 0.338 e. The highest BCUT2D eigenvalue weighted by atomic mass is 16.7. The summed E-state index contributed by atoms with van der Waals surface area (Å²) in [5.74, 6) is -1.44. The summed E-state index contributed by atoms with van der Waals surface area (Å²) in [5.41, 5.74) is 0.510. The molecule has 0 radical (unpaired) electrons. The van der Waals surface area contributed by atoms with Crippen molar-refractivity contribution in [2.75, 3.05) is 13.2 Å². The molecule has 0 amide bonds. The van der Waals surface area contributed by atoms with Gasteiger partial charge in [-0.15, -0.1) is 6.58 Å². The summed E-state index contributed by atoms with van der Waals surface area (Å²) >= 11 is 0. The Bertz CT molecular complexity index is 870. The van der Waals surface area contributed by atoms with Crippen LogP contribution in [0.15, 0.2) is 73.3 Å². The van der Waals surface area contributed by atoms with Crippen LogP contribution in [0.1, 0.15) is 20.7 Å². The number of carbonyl (C=O) groups excluding carboxylic acids is 2. The fourth-order valence-corrected chi connectivity index (χ4v) is 3.13. The molecule has 8 heteroatoms. The van der Waals surface area contributed by atoms with Gasteiger partial charge in [-0.25, -0.2) is 9.59 Å². The SMILES string of the molecule is C=CCO[C@H]1O[C@H](CO)[C@H](O)C(OC(=O)c2ccccc2)C1OC(=O)c1ccccc1. The van der Waals surface area contributed by atoms with Crippen molar-refractivity contribution in [3.63, 3.8) is 0 Å². The number of aliphatic hydroxyl groups is 2. The fourth-order valence-electron chi connectivity index (χ4n) is 3.13. The third kappa shape index (κ3) is 5.56. The standard InChI is InChI=1S/C23H24O8/c1-2-13-28-23-20(31-22(27)16-11-7-4-8-12-16)19(18(25)17(14-24)29-23)30-21(26)15-9-5-3-6-10-15/h2-12,17-20,23-25H,1,13-14H2/t17-,18+,19?,20?,23+/m1/s1. The minimum atomic E-state index is -1.46. The van der Waals surface area contributed by atoms with Crippen LogP contribution < -0.4 is 0 Å². The van der Waals surface area contributed by atoms with Crippen LogP contribution in [0.5, 0.6) is 0 Å². The fraction of sp³-hybridized carbons (Fsp3) is 0.304. The van der Waals surface area contributed by atoms with Gasteiger partial charge in [0, 0.05) is 0 Å². The number of esters is 2. The summed E-state index contributed by atoms with van der Waals surface area (Å²) in [7, 11) is 0. The number of rotatable bonds is 8. The number of hydrogen-bond donors (Lipinski definition) is 2. The lowest BCUT2D eigenvalue weighted by Crippen LogP contribution is -2.61. The molecule has 1 aliphatic rings. The van der Waals surface area contributed by atoms with Gasteiger partial charge in [0.25, 0.3) is 0 Å². The van der Waals surface area contributed by atoms with E-state index in [1.54, 1.807) is 60.7 Å². The number of carbonyl (C=O) groups is 2. The maximum atomic E-state index is 12.7. The molecule has 1 fully saturated rings. The molecule has 1 heterocycles. The summed E-state index contributed by atoms with van der Waals surface area (Å²) in [5, 5.41) is 20.3. The van der Waals surface area contributed by atoms with Crippen molar-refractivity contribution in [1.29, 1.82) is 0 Å². The zero-order valence-corrected chi connectivity index (χ0v) is 16.7. The first kappa shape index (κ1) is 22.6. The van der Waals surface area contributed by atoms with Crippen molar-refractivity contribution in [3.8, 4) is 0 Å². The lowest BCUT2D eigenvalue weighted by Gasteiger charge is -2.42. The molecule has 5 atom stereocenters. The quantitative estimate of drug-likeness (QED) is 0.483. The molecule has 2 unspecified atom stereocenters. The van der Waals surface area contributed by atoms with Crippen molar-refractivity contribution in [1.82, 2.24) is 0 Å². The van der Waals surface area contributed by atoms with Gasteiger partial charge < -0.3 is 29.2 Å². The molecule has 164 valence electrons. The first-order valence-corrected chi connectivity index (χ1v) is 9.74. The normalized spacial score (nSPS) is 25.4. The Morgan fingerprint density at radius 1 is 0.935 bits per heavy atom. The molecule has 0 bridgehead atoms. The molecule has 0 aromatic heterocycles. The first-order chi connectivity index (χ1) is 15.0. The van der Waals surface area contributed by atoms with E-state index >= 15 is 0 Å². The average molecular weight is 428 g/mol. The van der Waals surface area contributed by atoms with E-state index in [4.69, 9.17) is 18.9 Å². The van der Waals surface area contributed by atoms with Gasteiger partial charge >= 0.3 is 11.9 Å². The largest absolute Gasteiger partial charge is 0.452 e. The Balaban J connectivity index is 1.88. The van der Waals surface area contributed by atoms with Crippen molar-refractivity contribution < 1.29 is 38.7 Å². The van der Waals surface area contributed by atoms with Gasteiger partial charge in [-0.2, -0.15) is 0 Å². The van der Waals surface area contributed by atoms with Crippen molar-refractivity contribution in [3.05, 3.63) is 84.4 Å². The zero-order valence-electron chi connectivity index (χ0n) is 16.7. The van der Waals surface area contributed by atoms with Crippen LogP contribution in [-0.2, 0) is 18.9 Å². The first-order valence-electron chi connectivity index (χ1n) is 9.74. The van der Waals surface area contributed by atoms with E-state index in [1.807, 2.05) is 0 Å². The topological polar surface area (TPSA) is 112 Å². The van der Waals surface area contributed by atoms with E-state index in [9.17, 15) is 19.8 Å². The number of benzene rings is 2. The summed E-state index contributed by atoms with van der Waals surface area (Å²) in [4.78, 5) is 25.3. The summed E-state index contributed by atoms with van der Waals surface area (Å²) < 4.78 is 22.2. The van der Waals surface area contributed by atoms with Gasteiger partial charge in [0.1, 0.15) is 12.2 Å². The van der Waals surface area contributed by atoms with Crippen molar-refractivity contribution >= 4 is 11.9 Å². The van der Waals surface area contributed by atoms with E-state index < -0.39 is 49.3 Å². The van der Waals surface area contributed by atoms with Gasteiger partial charge in [-0.1, -0.05) is 42.5 Å². The highest BCUT2D eigenvalue weighted by molar-refractivity contribution is 5.90. The molecule has 2 N–H and O–H groups in total. The molecular formula is C23H24O8. The van der Waals surface area contributed by atoms with E-state index in [2.05, 4.69) is 6.58 Å². The van der Waals surface area contributed by atoms with Crippen LogP contribution in [-0.4, -0.2) is 66.1 Å². The van der Waals surface area contributed by atoms with Crippen LogP contribution in [0.3, 0.4) is 0 Å². The Labute approximate surface area is 179 Å². The molecule has 8 nitrogen and oxygen atoms in total. The van der Waals surface area contributed by atoms with E-state index in [1.165, 1.54) is 6.08 Å². The maximum absolute atomic E-state index is 12.7. The molecule has 0 spiro atoms. The highest BCUT2D eigenvalue weighted by Gasteiger charge is 2.50. The highest BCUT2D eigenvalue weighted by Crippen LogP contribution is 2.28. The Kier molecular flexibility index (Phi) is 7.91. The predicted molar refractivity (Wildman–Crippen MR) is 109 cm³/mol. The zero-order chi connectivity index (χ0) is 22.2. The van der Waals surface area contributed by atoms with Crippen LogP contribution in [0, 0.1) is 0 Å². The van der Waals surface area contributed by atoms with Crippen LogP contribution in [0.4, 0.5) is 0 Å². The second-order valence-electron chi connectivity index (χ2n) is 6.81. The van der Waals surface area contributed by atoms with E-state index in [0.717, 1.165) is 0 Å². The molecule has 1 saturated heterocycles. The number of hydrogen-bond acceptors (Lipinski definition) is 8. The minimum absolute atomic E-state index is 0.0393. The smallest absolute Gasteiger partial charge is 0.338 e. The predicted octanol–water partition coefficient (Wildman–Crippen LogP) is 1.72. The van der Waals surface area contributed by atoms with E-state index in [-0.39, 0.29) is 17.7 Å². The molecule has 31 heavy (non-hydrogen) atoms. The Morgan fingerprint density at radius 2 is 1.45 bits per heavy atom. The monoisotopic (exact) mass is 428 g/mol. The van der Waals surface area contributed by atoms with Crippen molar-refractivity contribution in [2.24, 2.45) is 0 Å². The second kappa shape index (κ2) is 10.8. The molecule has 2 aromatic rings. The summed E-state index contributed by atoms with van der Waals surface area (Å²) in [6, 6.07) is 16.4. The molecule has 0 aliphatic carbocycles. The Morgan fingerprint density at radius 3 is 1.94 bits per heavy atom. The minimum Gasteiger partial charge on any atom is -0.452 e. The third-order valence-corrected chi connectivity index (χ3v) is 4.68. The second-order valence-corrected chi connectivity index (χ2v) is 6.81.